The first kappa shape index (κ1) is 21.6. The average molecular weight is 431 g/mol. The number of nitrogens with zero attached hydrogens (tertiary/aromatic N) is 2. The summed E-state index contributed by atoms with van der Waals surface area (Å²) in [5.74, 6) is 5.11. The first-order valence-electron chi connectivity index (χ1n) is 9.56. The largest absolute Gasteiger partial charge is 0.496 e. The lowest BCUT2D eigenvalue weighted by atomic mass is 10.1. The van der Waals surface area contributed by atoms with Gasteiger partial charge in [0.05, 0.1) is 28.9 Å². The van der Waals surface area contributed by atoms with Crippen molar-refractivity contribution in [2.45, 2.75) is 24.2 Å². The average Bonchev–Trinajstić information content (AvgIpc) is 2.78. The fourth-order valence-electron chi connectivity index (χ4n) is 3.32. The monoisotopic (exact) mass is 430 g/mol. The molecule has 160 valence electrons. The van der Waals surface area contributed by atoms with E-state index in [0.29, 0.717) is 16.2 Å². The summed E-state index contributed by atoms with van der Waals surface area (Å²) in [5, 5.41) is 13.1. The van der Waals surface area contributed by atoms with Gasteiger partial charge in [-0.25, -0.2) is 16.2 Å². The fraction of sp³-hybridized carbons (Fsp3) is 0.300. The Bertz CT molecular complexity index is 931. The Kier molecular flexibility index (Phi) is 7.26. The van der Waals surface area contributed by atoms with Gasteiger partial charge in [0.15, 0.2) is 5.84 Å². The number of amidine groups is 1. The first-order chi connectivity index (χ1) is 14.5. The van der Waals surface area contributed by atoms with Crippen LogP contribution in [-0.4, -0.2) is 37.1 Å². The van der Waals surface area contributed by atoms with Crippen LogP contribution in [0.5, 0.6) is 5.75 Å². The molecular formula is C20H26N6O3S. The quantitative estimate of drug-likeness (QED) is 0.141. The summed E-state index contributed by atoms with van der Waals surface area (Å²) in [7, 11) is 1.55. The molecule has 3 rings (SSSR count). The smallest absolute Gasteiger partial charge is 0.335 e. The Balaban J connectivity index is 1.92. The Labute approximate surface area is 179 Å². The maximum Gasteiger partial charge on any atom is 0.335 e. The van der Waals surface area contributed by atoms with Crippen LogP contribution >= 0.6 is 11.9 Å². The third-order valence-electron chi connectivity index (χ3n) is 4.86. The van der Waals surface area contributed by atoms with Crippen LogP contribution in [-0.2, 0) is 0 Å². The summed E-state index contributed by atoms with van der Waals surface area (Å²) in [6.07, 6.45) is 3.51. The van der Waals surface area contributed by atoms with Gasteiger partial charge in [-0.05, 0) is 67.6 Å². The molecule has 0 aliphatic carbocycles. The molecule has 0 unspecified atom stereocenters. The van der Waals surface area contributed by atoms with E-state index in [1.54, 1.807) is 19.2 Å². The lowest BCUT2D eigenvalue weighted by Crippen LogP contribution is -2.30. The van der Waals surface area contributed by atoms with Gasteiger partial charge in [0.1, 0.15) is 5.75 Å². The summed E-state index contributed by atoms with van der Waals surface area (Å²) in [6.45, 7) is 1.95. The van der Waals surface area contributed by atoms with E-state index >= 15 is 0 Å². The molecule has 1 saturated heterocycles. The van der Waals surface area contributed by atoms with E-state index in [2.05, 4.69) is 20.3 Å². The maximum atomic E-state index is 11.3. The number of hydrogen-bond acceptors (Lipinski definition) is 8. The summed E-state index contributed by atoms with van der Waals surface area (Å²) in [5.41, 5.74) is 11.0. The van der Waals surface area contributed by atoms with Crippen LogP contribution < -0.4 is 31.5 Å². The van der Waals surface area contributed by atoms with E-state index < -0.39 is 5.97 Å². The van der Waals surface area contributed by atoms with Crippen molar-refractivity contribution in [1.29, 1.82) is 0 Å². The van der Waals surface area contributed by atoms with Crippen LogP contribution in [0.2, 0.25) is 0 Å². The van der Waals surface area contributed by atoms with E-state index in [1.807, 2.05) is 18.2 Å². The second-order valence-electron chi connectivity index (χ2n) is 6.78. The van der Waals surface area contributed by atoms with E-state index in [4.69, 9.17) is 16.3 Å². The zero-order chi connectivity index (χ0) is 21.5. The number of nitrogens with two attached hydrogens (primary N) is 2. The van der Waals surface area contributed by atoms with Gasteiger partial charge in [-0.3, -0.25) is 0 Å². The highest BCUT2D eigenvalue weighted by atomic mass is 32.2. The SMILES string of the molecule is COc1ccc(C(=O)O)cc1SNc1cc(/C(N)=N/NN)ccc1N1CCCCC1. The number of carboxylic acids is 1. The number of ether oxygens (including phenoxy) is 1. The molecular weight excluding hydrogens is 404 g/mol. The number of benzene rings is 2. The number of rotatable bonds is 8. The predicted octanol–water partition coefficient (Wildman–Crippen LogP) is 2.59. The zero-order valence-corrected chi connectivity index (χ0v) is 17.5. The topological polar surface area (TPSA) is 138 Å². The molecule has 1 aliphatic rings. The molecule has 1 aliphatic heterocycles. The van der Waals surface area contributed by atoms with E-state index in [1.165, 1.54) is 24.4 Å². The van der Waals surface area contributed by atoms with Crippen molar-refractivity contribution in [1.82, 2.24) is 5.53 Å². The molecule has 0 bridgehead atoms. The number of anilines is 2. The second kappa shape index (κ2) is 10.1. The first-order valence-corrected chi connectivity index (χ1v) is 10.4. The number of nitrogens with one attached hydrogen (secondary N) is 2. The van der Waals surface area contributed by atoms with Crippen molar-refractivity contribution in [2.75, 3.05) is 29.8 Å². The molecule has 1 fully saturated rings. The highest BCUT2D eigenvalue weighted by Gasteiger charge is 2.17. The molecule has 0 radical (unpaired) electrons. The highest BCUT2D eigenvalue weighted by molar-refractivity contribution is 8.00. The lowest BCUT2D eigenvalue weighted by Gasteiger charge is -2.31. The Morgan fingerprint density at radius 2 is 1.90 bits per heavy atom. The summed E-state index contributed by atoms with van der Waals surface area (Å²) in [6, 6.07) is 10.6. The minimum absolute atomic E-state index is 0.190. The Morgan fingerprint density at radius 3 is 2.57 bits per heavy atom. The van der Waals surface area contributed by atoms with Crippen molar-refractivity contribution < 1.29 is 14.6 Å². The van der Waals surface area contributed by atoms with Gasteiger partial charge < -0.3 is 25.2 Å². The molecule has 10 heteroatoms. The fourth-order valence-corrected chi connectivity index (χ4v) is 4.14. The van der Waals surface area contributed by atoms with Crippen molar-refractivity contribution >= 4 is 35.1 Å². The van der Waals surface area contributed by atoms with Crippen LogP contribution in [0.4, 0.5) is 11.4 Å². The summed E-state index contributed by atoms with van der Waals surface area (Å²) < 4.78 is 8.73. The third-order valence-corrected chi connectivity index (χ3v) is 5.72. The van der Waals surface area contributed by atoms with Crippen LogP contribution in [0, 0.1) is 0 Å². The van der Waals surface area contributed by atoms with E-state index in [9.17, 15) is 9.90 Å². The molecule has 0 spiro atoms. The molecule has 0 amide bonds. The Morgan fingerprint density at radius 1 is 1.17 bits per heavy atom. The number of methoxy groups -OCH3 is 1. The highest BCUT2D eigenvalue weighted by Crippen LogP contribution is 2.36. The van der Waals surface area contributed by atoms with Gasteiger partial charge in [-0.2, -0.15) is 0 Å². The van der Waals surface area contributed by atoms with Crippen molar-refractivity contribution in [3.63, 3.8) is 0 Å². The normalized spacial score (nSPS) is 14.3. The molecule has 30 heavy (non-hydrogen) atoms. The number of hydrazine groups is 1. The number of carboxylic acid groups (broad SMARTS) is 1. The van der Waals surface area contributed by atoms with Crippen LogP contribution in [0.1, 0.15) is 35.2 Å². The number of piperidine rings is 1. The number of carbonyl (C=O) groups is 1. The van der Waals surface area contributed by atoms with Gasteiger partial charge in [0, 0.05) is 18.7 Å². The number of hydrazone groups is 1. The van der Waals surface area contributed by atoms with E-state index in [0.717, 1.165) is 37.3 Å². The lowest BCUT2D eigenvalue weighted by molar-refractivity contribution is 0.0696. The van der Waals surface area contributed by atoms with Crippen LogP contribution in [0.25, 0.3) is 0 Å². The Hall–Kier alpha value is -3.11. The van der Waals surface area contributed by atoms with Crippen LogP contribution in [0.15, 0.2) is 46.4 Å². The summed E-state index contributed by atoms with van der Waals surface area (Å²) >= 11 is 1.28. The van der Waals surface area contributed by atoms with Crippen LogP contribution in [0.3, 0.4) is 0 Å². The number of aromatic carboxylic acids is 1. The minimum Gasteiger partial charge on any atom is -0.496 e. The molecule has 0 atom stereocenters. The molecule has 0 aromatic heterocycles. The number of hydrogen-bond donors (Lipinski definition) is 5. The van der Waals surface area contributed by atoms with Gasteiger partial charge in [0.2, 0.25) is 0 Å². The predicted molar refractivity (Wildman–Crippen MR) is 120 cm³/mol. The van der Waals surface area contributed by atoms with Crippen molar-refractivity contribution in [2.24, 2.45) is 16.7 Å². The molecule has 2 aromatic rings. The molecule has 1 heterocycles. The molecule has 7 N–H and O–H groups in total. The third kappa shape index (κ3) is 5.08. The van der Waals surface area contributed by atoms with Gasteiger partial charge in [-0.1, -0.05) is 0 Å². The molecule has 2 aromatic carbocycles. The molecule has 0 saturated carbocycles. The van der Waals surface area contributed by atoms with Crippen molar-refractivity contribution in [3.8, 4) is 5.75 Å². The maximum absolute atomic E-state index is 11.3. The minimum atomic E-state index is -0.992. The van der Waals surface area contributed by atoms with Gasteiger partial charge in [-0.15, -0.1) is 5.10 Å². The molecule has 9 nitrogen and oxygen atoms in total. The van der Waals surface area contributed by atoms with Gasteiger partial charge in [0.25, 0.3) is 0 Å². The van der Waals surface area contributed by atoms with Crippen molar-refractivity contribution in [3.05, 3.63) is 47.5 Å². The van der Waals surface area contributed by atoms with E-state index in [-0.39, 0.29) is 11.4 Å². The second-order valence-corrected chi connectivity index (χ2v) is 7.63. The zero-order valence-electron chi connectivity index (χ0n) is 16.7. The van der Waals surface area contributed by atoms with Gasteiger partial charge >= 0.3 is 5.97 Å². The summed E-state index contributed by atoms with van der Waals surface area (Å²) in [4.78, 5) is 14.3. The standard InChI is InChI=1S/C20H26N6O3S/c1-29-17-8-6-14(20(27)28)12-18(17)30-24-15-11-13(19(21)23-25-22)5-7-16(15)26-9-3-2-4-10-26/h5-8,11-12,24-25H,2-4,9-10,22H2,1H3,(H2,21,23)(H,27,28).